The molecule has 116 valence electrons. The first-order chi connectivity index (χ1) is 9.26. The number of hydrogen-bond donors (Lipinski definition) is 0. The van der Waals surface area contributed by atoms with Gasteiger partial charge in [0.05, 0.1) is 6.54 Å². The quantitative estimate of drug-likeness (QED) is 0.770. The van der Waals surface area contributed by atoms with Gasteiger partial charge in [-0.25, -0.2) is 0 Å². The van der Waals surface area contributed by atoms with E-state index >= 15 is 0 Å². The minimum Gasteiger partial charge on any atom is -0.299 e. The van der Waals surface area contributed by atoms with E-state index in [4.69, 9.17) is 0 Å². The van der Waals surface area contributed by atoms with Gasteiger partial charge in [0, 0.05) is 24.9 Å². The molecule has 2 aliphatic rings. The molecule has 0 aromatic carbocycles. The van der Waals surface area contributed by atoms with E-state index in [1.54, 1.807) is 0 Å². The Morgan fingerprint density at radius 3 is 2.40 bits per heavy atom. The molecule has 2 rings (SSSR count). The van der Waals surface area contributed by atoms with Crippen LogP contribution in [0.3, 0.4) is 0 Å². The van der Waals surface area contributed by atoms with Gasteiger partial charge >= 0.3 is 6.18 Å². The van der Waals surface area contributed by atoms with Gasteiger partial charge in [-0.2, -0.15) is 13.2 Å². The number of carbonyl (C=O) groups is 1. The van der Waals surface area contributed by atoms with Crippen LogP contribution >= 0.6 is 0 Å². The summed E-state index contributed by atoms with van der Waals surface area (Å²) in [6, 6.07) is 0.0452. The minimum absolute atomic E-state index is 0.0452. The summed E-state index contributed by atoms with van der Waals surface area (Å²) in [6.45, 7) is 3.69. The summed E-state index contributed by atoms with van der Waals surface area (Å²) in [7, 11) is 0. The van der Waals surface area contributed by atoms with Crippen LogP contribution in [-0.2, 0) is 4.79 Å². The van der Waals surface area contributed by atoms with Crippen molar-refractivity contribution in [3.8, 4) is 0 Å². The first-order valence-corrected chi connectivity index (χ1v) is 7.60. The standard InChI is InChI=1S/C15H24F3NO/c1-10(2)11-3-6-14(20)12(7-11)8-19(13-4-5-13)9-15(16,17)18/h10-13H,3-9H2,1-2H3. The maximum atomic E-state index is 12.6. The maximum absolute atomic E-state index is 12.6. The van der Waals surface area contributed by atoms with Crippen molar-refractivity contribution in [1.82, 2.24) is 4.90 Å². The number of rotatable bonds is 5. The molecule has 0 spiro atoms. The van der Waals surface area contributed by atoms with Gasteiger partial charge in [0.15, 0.2) is 0 Å². The summed E-state index contributed by atoms with van der Waals surface area (Å²) < 4.78 is 37.9. The third-order valence-corrected chi connectivity index (χ3v) is 4.65. The van der Waals surface area contributed by atoms with Crippen LogP contribution in [0.5, 0.6) is 0 Å². The lowest BCUT2D eigenvalue weighted by atomic mass is 9.75. The van der Waals surface area contributed by atoms with Crippen LogP contribution in [0.1, 0.15) is 46.0 Å². The van der Waals surface area contributed by atoms with Gasteiger partial charge in [-0.1, -0.05) is 13.8 Å². The van der Waals surface area contributed by atoms with Crippen LogP contribution in [0.2, 0.25) is 0 Å². The molecule has 2 nitrogen and oxygen atoms in total. The van der Waals surface area contributed by atoms with Crippen LogP contribution in [0.4, 0.5) is 13.2 Å². The highest BCUT2D eigenvalue weighted by Gasteiger charge is 2.40. The summed E-state index contributed by atoms with van der Waals surface area (Å²) >= 11 is 0. The third-order valence-electron chi connectivity index (χ3n) is 4.65. The molecule has 0 radical (unpaired) electrons. The van der Waals surface area contributed by atoms with Gasteiger partial charge in [0.25, 0.3) is 0 Å². The molecule has 0 saturated heterocycles. The Labute approximate surface area is 118 Å². The van der Waals surface area contributed by atoms with E-state index in [0.717, 1.165) is 25.7 Å². The fourth-order valence-corrected chi connectivity index (χ4v) is 3.22. The zero-order valence-electron chi connectivity index (χ0n) is 12.2. The van der Waals surface area contributed by atoms with Gasteiger partial charge in [0.2, 0.25) is 0 Å². The number of alkyl halides is 3. The second-order valence-corrected chi connectivity index (χ2v) is 6.72. The van der Waals surface area contributed by atoms with E-state index in [0.29, 0.717) is 24.8 Å². The first kappa shape index (κ1) is 15.8. The average Bonchev–Trinajstić information content (AvgIpc) is 3.12. The number of halogens is 3. The molecular weight excluding hydrogens is 267 g/mol. The van der Waals surface area contributed by atoms with Crippen molar-refractivity contribution in [2.24, 2.45) is 17.8 Å². The Kier molecular flexibility index (Phi) is 4.77. The molecule has 0 aliphatic heterocycles. The van der Waals surface area contributed by atoms with E-state index in [-0.39, 0.29) is 17.7 Å². The van der Waals surface area contributed by atoms with Crippen molar-refractivity contribution in [3.63, 3.8) is 0 Å². The smallest absolute Gasteiger partial charge is 0.299 e. The zero-order chi connectivity index (χ0) is 14.9. The summed E-state index contributed by atoms with van der Waals surface area (Å²) in [5.74, 6) is 0.945. The molecule has 2 fully saturated rings. The van der Waals surface area contributed by atoms with Gasteiger partial charge < -0.3 is 0 Å². The molecule has 0 bridgehead atoms. The van der Waals surface area contributed by atoms with Crippen molar-refractivity contribution in [1.29, 1.82) is 0 Å². The van der Waals surface area contributed by atoms with E-state index in [1.807, 2.05) is 0 Å². The molecule has 0 amide bonds. The SMILES string of the molecule is CC(C)C1CCC(=O)C(CN(CC(F)(F)F)C2CC2)C1. The third kappa shape index (κ3) is 4.47. The lowest BCUT2D eigenvalue weighted by molar-refractivity contribution is -0.151. The second kappa shape index (κ2) is 6.04. The van der Waals surface area contributed by atoms with Crippen LogP contribution in [0.15, 0.2) is 0 Å². The predicted molar refractivity (Wildman–Crippen MR) is 71.3 cm³/mol. The van der Waals surface area contributed by atoms with E-state index in [1.165, 1.54) is 4.90 Å². The molecule has 2 atom stereocenters. The van der Waals surface area contributed by atoms with Crippen LogP contribution in [-0.4, -0.2) is 36.0 Å². The Bertz CT molecular complexity index is 350. The topological polar surface area (TPSA) is 20.3 Å². The Morgan fingerprint density at radius 2 is 1.90 bits per heavy atom. The first-order valence-electron chi connectivity index (χ1n) is 7.60. The number of ketones is 1. The molecule has 2 unspecified atom stereocenters. The van der Waals surface area contributed by atoms with Crippen LogP contribution in [0.25, 0.3) is 0 Å². The van der Waals surface area contributed by atoms with Crippen molar-refractivity contribution in [2.75, 3.05) is 13.1 Å². The fraction of sp³-hybridized carbons (Fsp3) is 0.933. The lowest BCUT2D eigenvalue weighted by Gasteiger charge is -2.34. The van der Waals surface area contributed by atoms with Gasteiger partial charge in [-0.15, -0.1) is 0 Å². The Hall–Kier alpha value is -0.580. The zero-order valence-corrected chi connectivity index (χ0v) is 12.2. The summed E-state index contributed by atoms with van der Waals surface area (Å²) in [5, 5.41) is 0. The van der Waals surface area contributed by atoms with E-state index in [2.05, 4.69) is 13.8 Å². The number of nitrogens with zero attached hydrogens (tertiary/aromatic N) is 1. The Balaban J connectivity index is 1.95. The minimum atomic E-state index is -4.17. The highest BCUT2D eigenvalue weighted by Crippen LogP contribution is 2.35. The highest BCUT2D eigenvalue weighted by atomic mass is 19.4. The van der Waals surface area contributed by atoms with E-state index < -0.39 is 12.7 Å². The Morgan fingerprint density at radius 1 is 1.25 bits per heavy atom. The normalized spacial score (nSPS) is 28.4. The molecule has 2 aliphatic carbocycles. The van der Waals surface area contributed by atoms with Crippen molar-refractivity contribution in [2.45, 2.75) is 58.2 Å². The molecule has 2 saturated carbocycles. The highest BCUT2D eigenvalue weighted by molar-refractivity contribution is 5.82. The van der Waals surface area contributed by atoms with Crippen LogP contribution < -0.4 is 0 Å². The summed E-state index contributed by atoms with van der Waals surface area (Å²) in [4.78, 5) is 13.5. The number of hydrogen-bond acceptors (Lipinski definition) is 2. The molecule has 20 heavy (non-hydrogen) atoms. The van der Waals surface area contributed by atoms with E-state index in [9.17, 15) is 18.0 Å². The predicted octanol–water partition coefficient (Wildman–Crippen LogP) is 3.65. The monoisotopic (exact) mass is 291 g/mol. The van der Waals surface area contributed by atoms with Crippen molar-refractivity contribution >= 4 is 5.78 Å². The second-order valence-electron chi connectivity index (χ2n) is 6.72. The molecular formula is C15H24F3NO. The van der Waals surface area contributed by atoms with Gasteiger partial charge in [-0.3, -0.25) is 9.69 Å². The van der Waals surface area contributed by atoms with Gasteiger partial charge in [0.1, 0.15) is 5.78 Å². The maximum Gasteiger partial charge on any atom is 0.401 e. The molecule has 0 N–H and O–H groups in total. The molecule has 0 aromatic heterocycles. The molecule has 0 heterocycles. The number of Topliss-reactive ketones (excluding diaryl/α,β-unsaturated/α-hetero) is 1. The average molecular weight is 291 g/mol. The molecule has 0 aromatic rings. The fourth-order valence-electron chi connectivity index (χ4n) is 3.22. The van der Waals surface area contributed by atoms with Crippen LogP contribution in [0, 0.1) is 17.8 Å². The lowest BCUT2D eigenvalue weighted by Crippen LogP contribution is -2.42. The van der Waals surface area contributed by atoms with Gasteiger partial charge in [-0.05, 0) is 37.5 Å². The summed E-state index contributed by atoms with van der Waals surface area (Å²) in [6.07, 6.45) is -0.293. The van der Waals surface area contributed by atoms with Crippen molar-refractivity contribution in [3.05, 3.63) is 0 Å². The summed E-state index contributed by atoms with van der Waals surface area (Å²) in [5.41, 5.74) is 0. The van der Waals surface area contributed by atoms with Crippen molar-refractivity contribution < 1.29 is 18.0 Å². The molecule has 5 heteroatoms. The number of carbonyl (C=O) groups excluding carboxylic acids is 1. The largest absolute Gasteiger partial charge is 0.401 e.